The van der Waals surface area contributed by atoms with Gasteiger partial charge in [-0.15, -0.1) is 0 Å². The molecule has 1 aliphatic rings. The van der Waals surface area contributed by atoms with Gasteiger partial charge >= 0.3 is 0 Å². The number of carbonyl (C=O) groups excluding carboxylic acids is 2. The van der Waals surface area contributed by atoms with Crippen molar-refractivity contribution in [2.45, 2.75) is 25.3 Å². The van der Waals surface area contributed by atoms with Crippen LogP contribution in [0.15, 0.2) is 34.9 Å². The van der Waals surface area contributed by atoms with E-state index < -0.39 is 0 Å². The summed E-state index contributed by atoms with van der Waals surface area (Å²) >= 11 is 5.84. The molecule has 120 valence electrons. The van der Waals surface area contributed by atoms with E-state index in [1.54, 1.807) is 30.3 Å². The highest BCUT2D eigenvalue weighted by Crippen LogP contribution is 2.22. The van der Waals surface area contributed by atoms with Crippen molar-refractivity contribution >= 4 is 23.4 Å². The van der Waals surface area contributed by atoms with Gasteiger partial charge in [-0.1, -0.05) is 16.8 Å². The van der Waals surface area contributed by atoms with Crippen molar-refractivity contribution in [3.63, 3.8) is 0 Å². The second-order valence-electron chi connectivity index (χ2n) is 5.45. The third-order valence-corrected chi connectivity index (χ3v) is 3.95. The molecule has 2 amide bonds. The Bertz CT molecular complexity index is 712. The molecule has 1 aromatic carbocycles. The maximum absolute atomic E-state index is 12.1. The van der Waals surface area contributed by atoms with Crippen molar-refractivity contribution in [3.8, 4) is 11.3 Å². The first-order valence-corrected chi connectivity index (χ1v) is 7.80. The molecule has 0 radical (unpaired) electrons. The highest BCUT2D eigenvalue weighted by atomic mass is 35.5. The number of benzene rings is 1. The Morgan fingerprint density at radius 2 is 2.17 bits per heavy atom. The minimum absolute atomic E-state index is 0.0252. The molecule has 0 saturated carbocycles. The van der Waals surface area contributed by atoms with Crippen molar-refractivity contribution in [2.24, 2.45) is 0 Å². The van der Waals surface area contributed by atoms with Gasteiger partial charge in [-0.25, -0.2) is 0 Å². The SMILES string of the molecule is O=C1CCC[C@H](CNC(=O)c2cc(-c3ccc(Cl)cc3)on2)N1. The average Bonchev–Trinajstić information content (AvgIpc) is 3.03. The molecule has 1 saturated heterocycles. The number of halogens is 1. The van der Waals surface area contributed by atoms with Gasteiger partial charge in [0.05, 0.1) is 0 Å². The molecule has 1 atom stereocenters. The molecule has 2 aromatic rings. The molecular formula is C16H16ClN3O3. The van der Waals surface area contributed by atoms with Crippen molar-refractivity contribution in [3.05, 3.63) is 41.0 Å². The number of amides is 2. The van der Waals surface area contributed by atoms with Gasteiger partial charge in [0.15, 0.2) is 11.5 Å². The van der Waals surface area contributed by atoms with Crippen LogP contribution in [0, 0.1) is 0 Å². The fraction of sp³-hybridized carbons (Fsp3) is 0.312. The van der Waals surface area contributed by atoms with Crippen LogP contribution in [0.25, 0.3) is 11.3 Å². The van der Waals surface area contributed by atoms with E-state index in [0.717, 1.165) is 18.4 Å². The highest BCUT2D eigenvalue weighted by Gasteiger charge is 2.20. The van der Waals surface area contributed by atoms with E-state index in [1.807, 2.05) is 0 Å². The number of nitrogens with zero attached hydrogens (tertiary/aromatic N) is 1. The van der Waals surface area contributed by atoms with Gasteiger partial charge in [0.2, 0.25) is 5.91 Å². The smallest absolute Gasteiger partial charge is 0.273 e. The van der Waals surface area contributed by atoms with Gasteiger partial charge in [0.25, 0.3) is 5.91 Å². The van der Waals surface area contributed by atoms with E-state index in [4.69, 9.17) is 16.1 Å². The minimum Gasteiger partial charge on any atom is -0.355 e. The van der Waals surface area contributed by atoms with Gasteiger partial charge in [-0.05, 0) is 37.1 Å². The van der Waals surface area contributed by atoms with Crippen LogP contribution >= 0.6 is 11.6 Å². The van der Waals surface area contributed by atoms with E-state index in [9.17, 15) is 9.59 Å². The van der Waals surface area contributed by atoms with E-state index in [-0.39, 0.29) is 23.6 Å². The molecular weight excluding hydrogens is 318 g/mol. The summed E-state index contributed by atoms with van der Waals surface area (Å²) in [6.45, 7) is 0.383. The predicted octanol–water partition coefficient (Wildman–Crippen LogP) is 2.39. The summed E-state index contributed by atoms with van der Waals surface area (Å²) in [7, 11) is 0. The summed E-state index contributed by atoms with van der Waals surface area (Å²) in [4.78, 5) is 23.4. The first-order valence-electron chi connectivity index (χ1n) is 7.42. The van der Waals surface area contributed by atoms with Crippen LogP contribution in [0.4, 0.5) is 0 Å². The van der Waals surface area contributed by atoms with Crippen LogP contribution in [0.3, 0.4) is 0 Å². The summed E-state index contributed by atoms with van der Waals surface area (Å²) in [6.07, 6.45) is 2.26. The Hall–Kier alpha value is -2.34. The summed E-state index contributed by atoms with van der Waals surface area (Å²) < 4.78 is 5.20. The molecule has 7 heteroatoms. The minimum atomic E-state index is -0.325. The summed E-state index contributed by atoms with van der Waals surface area (Å²) in [5.41, 5.74) is 0.998. The van der Waals surface area contributed by atoms with Crippen LogP contribution in [0.1, 0.15) is 29.8 Å². The Labute approximate surface area is 138 Å². The van der Waals surface area contributed by atoms with E-state index in [2.05, 4.69) is 15.8 Å². The zero-order chi connectivity index (χ0) is 16.2. The van der Waals surface area contributed by atoms with Crippen LogP contribution in [0.2, 0.25) is 5.02 Å². The number of nitrogens with one attached hydrogen (secondary N) is 2. The van der Waals surface area contributed by atoms with Crippen LogP contribution < -0.4 is 10.6 Å². The van der Waals surface area contributed by atoms with Gasteiger partial charge in [0.1, 0.15) is 0 Å². The first-order chi connectivity index (χ1) is 11.1. The van der Waals surface area contributed by atoms with E-state index in [1.165, 1.54) is 0 Å². The van der Waals surface area contributed by atoms with Crippen LogP contribution in [-0.2, 0) is 4.79 Å². The lowest BCUT2D eigenvalue weighted by molar-refractivity contribution is -0.123. The average molecular weight is 334 g/mol. The summed E-state index contributed by atoms with van der Waals surface area (Å²) in [6, 6.07) is 8.63. The lowest BCUT2D eigenvalue weighted by Gasteiger charge is -2.23. The molecule has 23 heavy (non-hydrogen) atoms. The van der Waals surface area contributed by atoms with Crippen molar-refractivity contribution in [1.82, 2.24) is 15.8 Å². The van der Waals surface area contributed by atoms with Gasteiger partial charge in [-0.3, -0.25) is 9.59 Å². The van der Waals surface area contributed by atoms with Crippen molar-refractivity contribution in [1.29, 1.82) is 0 Å². The number of piperidine rings is 1. The number of rotatable bonds is 4. The van der Waals surface area contributed by atoms with E-state index >= 15 is 0 Å². The molecule has 0 bridgehead atoms. The number of aromatic nitrogens is 1. The van der Waals surface area contributed by atoms with Crippen LogP contribution in [-0.4, -0.2) is 29.6 Å². The first kappa shape index (κ1) is 15.6. The lowest BCUT2D eigenvalue weighted by atomic mass is 10.0. The number of carbonyl (C=O) groups is 2. The van der Waals surface area contributed by atoms with Gasteiger partial charge in [-0.2, -0.15) is 0 Å². The molecule has 6 nitrogen and oxygen atoms in total. The molecule has 1 fully saturated rings. The Morgan fingerprint density at radius 1 is 1.39 bits per heavy atom. The van der Waals surface area contributed by atoms with Crippen molar-refractivity contribution < 1.29 is 14.1 Å². The Morgan fingerprint density at radius 3 is 2.91 bits per heavy atom. The highest BCUT2D eigenvalue weighted by molar-refractivity contribution is 6.30. The molecule has 0 spiro atoms. The lowest BCUT2D eigenvalue weighted by Crippen LogP contribution is -2.46. The fourth-order valence-electron chi connectivity index (χ4n) is 2.47. The monoisotopic (exact) mass is 333 g/mol. The zero-order valence-corrected chi connectivity index (χ0v) is 13.1. The van der Waals surface area contributed by atoms with Gasteiger partial charge in [0, 0.05) is 35.7 Å². The fourth-order valence-corrected chi connectivity index (χ4v) is 2.60. The largest absolute Gasteiger partial charge is 0.355 e. The Balaban J connectivity index is 1.60. The standard InChI is InChI=1S/C16H16ClN3O3/c17-11-6-4-10(5-7-11)14-8-13(20-23-14)16(22)18-9-12-2-1-3-15(21)19-12/h4-8,12H,1-3,9H2,(H,18,22)(H,19,21)/t12-/m1/s1. The number of hydrogen-bond donors (Lipinski definition) is 2. The number of hydrogen-bond acceptors (Lipinski definition) is 4. The van der Waals surface area contributed by atoms with E-state index in [0.29, 0.717) is 23.7 Å². The molecule has 3 rings (SSSR count). The quantitative estimate of drug-likeness (QED) is 0.899. The molecule has 1 aromatic heterocycles. The van der Waals surface area contributed by atoms with Gasteiger partial charge < -0.3 is 15.2 Å². The second-order valence-corrected chi connectivity index (χ2v) is 5.89. The Kier molecular flexibility index (Phi) is 4.62. The summed E-state index contributed by atoms with van der Waals surface area (Å²) in [5, 5.41) is 10.0. The second kappa shape index (κ2) is 6.83. The van der Waals surface area contributed by atoms with Crippen LogP contribution in [0.5, 0.6) is 0 Å². The zero-order valence-electron chi connectivity index (χ0n) is 12.3. The maximum atomic E-state index is 12.1. The molecule has 0 aliphatic carbocycles. The molecule has 0 unspecified atom stereocenters. The molecule has 2 heterocycles. The predicted molar refractivity (Wildman–Crippen MR) is 85.1 cm³/mol. The normalized spacial score (nSPS) is 17.6. The molecule has 2 N–H and O–H groups in total. The topological polar surface area (TPSA) is 84.2 Å². The third-order valence-electron chi connectivity index (χ3n) is 3.70. The third kappa shape index (κ3) is 3.90. The maximum Gasteiger partial charge on any atom is 0.273 e. The molecule has 1 aliphatic heterocycles. The van der Waals surface area contributed by atoms with Crippen molar-refractivity contribution in [2.75, 3.05) is 6.54 Å². The summed E-state index contributed by atoms with van der Waals surface area (Å²) in [5.74, 6) is 0.202.